The van der Waals surface area contributed by atoms with Crippen molar-refractivity contribution in [3.63, 3.8) is 0 Å². The molecule has 6 heteroatoms. The van der Waals surface area contributed by atoms with Gasteiger partial charge in [0.15, 0.2) is 0 Å². The third-order valence-corrected chi connectivity index (χ3v) is 2.96. The Bertz CT molecular complexity index is 675. The first-order chi connectivity index (χ1) is 10.1. The van der Waals surface area contributed by atoms with E-state index in [-0.39, 0.29) is 0 Å². The van der Waals surface area contributed by atoms with Crippen LogP contribution >= 0.6 is 0 Å². The van der Waals surface area contributed by atoms with Crippen LogP contribution in [-0.4, -0.2) is 18.0 Å². The fourth-order valence-corrected chi connectivity index (χ4v) is 1.64. The standard InChI is InChI=1S/C15H15N3O3/c1-10-5-3-7-13(11(10)2)17-14(19)15(20)18-16-9-12-6-4-8-21-12/h3-9H,1-2H3,(H,17,19)(H,18,20)/b16-9-. The van der Waals surface area contributed by atoms with E-state index in [2.05, 4.69) is 15.8 Å². The van der Waals surface area contributed by atoms with Crippen molar-refractivity contribution in [2.45, 2.75) is 13.8 Å². The van der Waals surface area contributed by atoms with E-state index in [1.165, 1.54) is 12.5 Å². The van der Waals surface area contributed by atoms with Gasteiger partial charge in [-0.1, -0.05) is 12.1 Å². The summed E-state index contributed by atoms with van der Waals surface area (Å²) in [7, 11) is 0. The molecular formula is C15H15N3O3. The topological polar surface area (TPSA) is 83.7 Å². The van der Waals surface area contributed by atoms with Crippen molar-refractivity contribution in [2.75, 3.05) is 5.32 Å². The van der Waals surface area contributed by atoms with Gasteiger partial charge in [-0.3, -0.25) is 9.59 Å². The van der Waals surface area contributed by atoms with E-state index >= 15 is 0 Å². The summed E-state index contributed by atoms with van der Waals surface area (Å²) >= 11 is 0. The summed E-state index contributed by atoms with van der Waals surface area (Å²) < 4.78 is 5.00. The minimum absolute atomic E-state index is 0.477. The van der Waals surface area contributed by atoms with Crippen LogP contribution in [-0.2, 0) is 9.59 Å². The fraction of sp³-hybridized carbons (Fsp3) is 0.133. The minimum atomic E-state index is -0.848. The maximum absolute atomic E-state index is 11.7. The fourth-order valence-electron chi connectivity index (χ4n) is 1.64. The van der Waals surface area contributed by atoms with E-state index < -0.39 is 11.8 Å². The molecule has 0 aliphatic carbocycles. The van der Waals surface area contributed by atoms with Gasteiger partial charge in [-0.2, -0.15) is 5.10 Å². The highest BCUT2D eigenvalue weighted by Crippen LogP contribution is 2.17. The lowest BCUT2D eigenvalue weighted by molar-refractivity contribution is -0.136. The van der Waals surface area contributed by atoms with E-state index in [1.807, 2.05) is 26.0 Å². The molecule has 0 spiro atoms. The van der Waals surface area contributed by atoms with Gasteiger partial charge in [-0.05, 0) is 43.2 Å². The minimum Gasteiger partial charge on any atom is -0.463 e. The van der Waals surface area contributed by atoms with Crippen LogP contribution in [0, 0.1) is 13.8 Å². The number of benzene rings is 1. The second-order valence-corrected chi connectivity index (χ2v) is 4.42. The first-order valence-electron chi connectivity index (χ1n) is 6.32. The van der Waals surface area contributed by atoms with E-state index in [0.29, 0.717) is 11.4 Å². The molecule has 6 nitrogen and oxygen atoms in total. The normalized spacial score (nSPS) is 10.6. The molecule has 108 valence electrons. The third kappa shape index (κ3) is 3.79. The quantitative estimate of drug-likeness (QED) is 0.514. The van der Waals surface area contributed by atoms with Gasteiger partial charge in [0, 0.05) is 5.69 Å². The summed E-state index contributed by atoms with van der Waals surface area (Å²) in [6.45, 7) is 3.80. The van der Waals surface area contributed by atoms with E-state index in [0.717, 1.165) is 11.1 Å². The van der Waals surface area contributed by atoms with Gasteiger partial charge in [0.2, 0.25) is 0 Å². The van der Waals surface area contributed by atoms with Crippen LogP contribution in [0.5, 0.6) is 0 Å². The maximum atomic E-state index is 11.7. The highest BCUT2D eigenvalue weighted by Gasteiger charge is 2.14. The van der Waals surface area contributed by atoms with Gasteiger partial charge in [-0.25, -0.2) is 5.43 Å². The largest absolute Gasteiger partial charge is 0.463 e. The van der Waals surface area contributed by atoms with Crippen LogP contribution in [0.3, 0.4) is 0 Å². The molecule has 0 saturated carbocycles. The number of amides is 2. The Morgan fingerprint density at radius 3 is 2.67 bits per heavy atom. The number of hydrogen-bond donors (Lipinski definition) is 2. The predicted octanol–water partition coefficient (Wildman–Crippen LogP) is 1.99. The molecular weight excluding hydrogens is 270 g/mol. The number of rotatable bonds is 3. The average Bonchev–Trinajstić information content (AvgIpc) is 2.97. The van der Waals surface area contributed by atoms with Crippen molar-refractivity contribution in [1.29, 1.82) is 0 Å². The molecule has 0 atom stereocenters. The molecule has 0 aliphatic heterocycles. The monoisotopic (exact) mass is 285 g/mol. The van der Waals surface area contributed by atoms with Gasteiger partial charge in [0.05, 0.1) is 12.5 Å². The van der Waals surface area contributed by atoms with Gasteiger partial charge in [0.25, 0.3) is 0 Å². The SMILES string of the molecule is Cc1cccc(NC(=O)C(=O)N/N=C\c2ccco2)c1C. The highest BCUT2D eigenvalue weighted by molar-refractivity contribution is 6.39. The maximum Gasteiger partial charge on any atom is 0.329 e. The highest BCUT2D eigenvalue weighted by atomic mass is 16.3. The molecule has 0 saturated heterocycles. The van der Waals surface area contributed by atoms with Crippen molar-refractivity contribution >= 4 is 23.7 Å². The Kier molecular flexibility index (Phi) is 4.50. The zero-order valence-corrected chi connectivity index (χ0v) is 11.7. The van der Waals surface area contributed by atoms with Crippen molar-refractivity contribution < 1.29 is 14.0 Å². The number of carbonyl (C=O) groups is 2. The first kappa shape index (κ1) is 14.5. The Labute approximate surface area is 121 Å². The number of nitrogens with one attached hydrogen (secondary N) is 2. The zero-order chi connectivity index (χ0) is 15.2. The lowest BCUT2D eigenvalue weighted by atomic mass is 10.1. The van der Waals surface area contributed by atoms with Crippen LogP contribution in [0.25, 0.3) is 0 Å². The Morgan fingerprint density at radius 1 is 1.14 bits per heavy atom. The second kappa shape index (κ2) is 6.51. The second-order valence-electron chi connectivity index (χ2n) is 4.42. The molecule has 1 aromatic heterocycles. The van der Waals surface area contributed by atoms with Crippen molar-refractivity contribution in [3.05, 3.63) is 53.5 Å². The summed E-state index contributed by atoms with van der Waals surface area (Å²) in [5.74, 6) is -1.15. The number of hydrogen-bond acceptors (Lipinski definition) is 4. The molecule has 1 heterocycles. The zero-order valence-electron chi connectivity index (χ0n) is 11.7. The number of carbonyl (C=O) groups excluding carboxylic acids is 2. The first-order valence-corrected chi connectivity index (χ1v) is 6.32. The summed E-state index contributed by atoms with van der Waals surface area (Å²) in [6.07, 6.45) is 2.79. The van der Waals surface area contributed by atoms with Crippen molar-refractivity contribution in [1.82, 2.24) is 5.43 Å². The number of aryl methyl sites for hydroxylation is 1. The molecule has 2 aromatic rings. The van der Waals surface area contributed by atoms with Crippen LogP contribution in [0.2, 0.25) is 0 Å². The lowest BCUT2D eigenvalue weighted by Gasteiger charge is -2.09. The molecule has 0 aliphatic rings. The molecule has 21 heavy (non-hydrogen) atoms. The van der Waals surface area contributed by atoms with Gasteiger partial charge >= 0.3 is 11.8 Å². The summed E-state index contributed by atoms with van der Waals surface area (Å²) in [6, 6.07) is 8.84. The Hall–Kier alpha value is -2.89. The van der Waals surface area contributed by atoms with Gasteiger partial charge in [0.1, 0.15) is 5.76 Å². The molecule has 0 bridgehead atoms. The van der Waals surface area contributed by atoms with Crippen LogP contribution in [0.15, 0.2) is 46.1 Å². The summed E-state index contributed by atoms with van der Waals surface area (Å²) in [5.41, 5.74) is 4.68. The number of anilines is 1. The molecule has 2 N–H and O–H groups in total. The Balaban J connectivity index is 1.94. The lowest BCUT2D eigenvalue weighted by Crippen LogP contribution is -2.32. The van der Waals surface area contributed by atoms with Crippen molar-refractivity contribution in [2.24, 2.45) is 5.10 Å². The molecule has 1 aromatic carbocycles. The third-order valence-electron chi connectivity index (χ3n) is 2.96. The Morgan fingerprint density at radius 2 is 1.95 bits per heavy atom. The average molecular weight is 285 g/mol. The van der Waals surface area contributed by atoms with Crippen LogP contribution in [0.4, 0.5) is 5.69 Å². The van der Waals surface area contributed by atoms with Crippen molar-refractivity contribution in [3.8, 4) is 0 Å². The number of furan rings is 1. The summed E-state index contributed by atoms with van der Waals surface area (Å²) in [4.78, 5) is 23.4. The molecule has 2 amide bonds. The molecule has 0 radical (unpaired) electrons. The predicted molar refractivity (Wildman–Crippen MR) is 79.0 cm³/mol. The number of hydrazone groups is 1. The van der Waals surface area contributed by atoms with Gasteiger partial charge in [-0.15, -0.1) is 0 Å². The van der Waals surface area contributed by atoms with Gasteiger partial charge < -0.3 is 9.73 Å². The molecule has 2 rings (SSSR count). The van der Waals surface area contributed by atoms with E-state index in [9.17, 15) is 9.59 Å². The van der Waals surface area contributed by atoms with Crippen LogP contribution < -0.4 is 10.7 Å². The smallest absolute Gasteiger partial charge is 0.329 e. The van der Waals surface area contributed by atoms with E-state index in [4.69, 9.17) is 4.42 Å². The summed E-state index contributed by atoms with van der Waals surface area (Å²) in [5, 5.41) is 6.18. The molecule has 0 fully saturated rings. The van der Waals surface area contributed by atoms with Crippen LogP contribution in [0.1, 0.15) is 16.9 Å². The number of nitrogens with zero attached hydrogens (tertiary/aromatic N) is 1. The molecule has 0 unspecified atom stereocenters. The van der Waals surface area contributed by atoms with E-state index in [1.54, 1.807) is 18.2 Å².